The van der Waals surface area contributed by atoms with E-state index in [2.05, 4.69) is 30.7 Å². The second-order valence-corrected chi connectivity index (χ2v) is 3.47. The molecule has 0 saturated heterocycles. The van der Waals surface area contributed by atoms with Crippen LogP contribution in [0.2, 0.25) is 0 Å². The molecule has 0 aromatic heterocycles. The first kappa shape index (κ1) is 10.1. The van der Waals surface area contributed by atoms with Crippen molar-refractivity contribution >= 4 is 5.97 Å². The molecule has 0 radical (unpaired) electrons. The van der Waals surface area contributed by atoms with Gasteiger partial charge in [-0.2, -0.15) is 0 Å². The number of nitrogens with zero attached hydrogens (tertiary/aromatic N) is 1. The summed E-state index contributed by atoms with van der Waals surface area (Å²) in [6, 6.07) is 0.609. The van der Waals surface area contributed by atoms with Crippen molar-refractivity contribution in [2.75, 3.05) is 13.6 Å². The zero-order valence-electron chi connectivity index (χ0n) is 8.08. The van der Waals surface area contributed by atoms with Gasteiger partial charge in [0.25, 0.3) is 0 Å². The van der Waals surface area contributed by atoms with Crippen LogP contribution >= 0.6 is 0 Å². The molecule has 13 heavy (non-hydrogen) atoms. The summed E-state index contributed by atoms with van der Waals surface area (Å²) in [5.74, 6) is 4.20. The minimum absolute atomic E-state index is 0.301. The molecule has 0 amide bonds. The zero-order valence-corrected chi connectivity index (χ0v) is 8.08. The van der Waals surface area contributed by atoms with E-state index in [0.29, 0.717) is 12.0 Å². The highest BCUT2D eigenvalue weighted by Crippen LogP contribution is 2.30. The van der Waals surface area contributed by atoms with Gasteiger partial charge in [-0.25, -0.2) is 4.79 Å². The van der Waals surface area contributed by atoms with Gasteiger partial charge in [-0.1, -0.05) is 12.8 Å². The average Bonchev–Trinajstić information content (AvgIpc) is 2.00. The van der Waals surface area contributed by atoms with Crippen LogP contribution in [0.4, 0.5) is 0 Å². The maximum atomic E-state index is 10.1. The molecular formula is C10H15NO2. The molecule has 0 atom stereocenters. The van der Waals surface area contributed by atoms with Gasteiger partial charge in [-0.15, -0.1) is 0 Å². The van der Waals surface area contributed by atoms with Crippen molar-refractivity contribution in [3.63, 3.8) is 0 Å². The number of hydrogen-bond acceptors (Lipinski definition) is 2. The van der Waals surface area contributed by atoms with Crippen LogP contribution in [-0.4, -0.2) is 35.6 Å². The third kappa shape index (κ3) is 2.74. The second-order valence-electron chi connectivity index (χ2n) is 3.47. The highest BCUT2D eigenvalue weighted by molar-refractivity contribution is 5.86. The molecule has 0 aromatic rings. The van der Waals surface area contributed by atoms with Gasteiger partial charge in [0, 0.05) is 17.9 Å². The fourth-order valence-electron chi connectivity index (χ4n) is 1.49. The average molecular weight is 181 g/mol. The van der Waals surface area contributed by atoms with Crippen LogP contribution in [0.15, 0.2) is 0 Å². The van der Waals surface area contributed by atoms with E-state index in [9.17, 15) is 4.79 Å². The molecule has 1 aliphatic rings. The third-order valence-electron chi connectivity index (χ3n) is 2.62. The highest BCUT2D eigenvalue weighted by Gasteiger charge is 2.29. The van der Waals surface area contributed by atoms with Crippen LogP contribution in [0.3, 0.4) is 0 Å². The predicted octanol–water partition coefficient (Wildman–Crippen LogP) is 0.805. The first-order chi connectivity index (χ1) is 6.13. The number of carboxylic acid groups (broad SMARTS) is 1. The zero-order chi connectivity index (χ0) is 9.84. The van der Waals surface area contributed by atoms with E-state index >= 15 is 0 Å². The topological polar surface area (TPSA) is 40.5 Å². The quantitative estimate of drug-likeness (QED) is 0.641. The Hall–Kier alpha value is -1.01. The van der Waals surface area contributed by atoms with Gasteiger partial charge in [0.2, 0.25) is 0 Å². The lowest BCUT2D eigenvalue weighted by Crippen LogP contribution is -2.41. The molecule has 1 N–H and O–H groups in total. The first-order valence-electron chi connectivity index (χ1n) is 4.58. The summed E-state index contributed by atoms with van der Waals surface area (Å²) in [5, 5.41) is 8.32. The van der Waals surface area contributed by atoms with Crippen LogP contribution in [0.25, 0.3) is 0 Å². The van der Waals surface area contributed by atoms with Crippen molar-refractivity contribution in [3.8, 4) is 11.8 Å². The molecule has 0 unspecified atom stereocenters. The lowest BCUT2D eigenvalue weighted by molar-refractivity contribution is -0.130. The van der Waals surface area contributed by atoms with E-state index in [0.717, 1.165) is 19.4 Å². The molecule has 72 valence electrons. The minimum Gasteiger partial charge on any atom is -0.472 e. The van der Waals surface area contributed by atoms with E-state index < -0.39 is 5.97 Å². The normalized spacial score (nSPS) is 26.1. The van der Waals surface area contributed by atoms with Gasteiger partial charge in [0.1, 0.15) is 0 Å². The van der Waals surface area contributed by atoms with Crippen molar-refractivity contribution < 1.29 is 9.90 Å². The number of aliphatic carboxylic acids is 1. The summed E-state index contributed by atoms with van der Waals surface area (Å²) >= 11 is 0. The van der Waals surface area contributed by atoms with Crippen molar-refractivity contribution in [1.82, 2.24) is 4.90 Å². The maximum absolute atomic E-state index is 10.1. The summed E-state index contributed by atoms with van der Waals surface area (Å²) in [5.41, 5.74) is 0. The van der Waals surface area contributed by atoms with Crippen LogP contribution < -0.4 is 0 Å². The van der Waals surface area contributed by atoms with Crippen molar-refractivity contribution in [3.05, 3.63) is 0 Å². The van der Waals surface area contributed by atoms with Gasteiger partial charge < -0.3 is 10.0 Å². The standard InChI is InChI=1S/C10H15NO2/c1-3-11(2)9-6-8(7-9)4-5-10(12)13/h8-9H,3,6-7H2,1-2H3,(H,12,13). The SMILES string of the molecule is CCN(C)C1CC(C#CC(=O)O)C1. The fraction of sp³-hybridized carbons (Fsp3) is 0.700. The first-order valence-corrected chi connectivity index (χ1v) is 4.58. The molecule has 0 heterocycles. The van der Waals surface area contributed by atoms with Crippen molar-refractivity contribution in [1.29, 1.82) is 0 Å². The van der Waals surface area contributed by atoms with E-state index in [-0.39, 0.29) is 0 Å². The van der Waals surface area contributed by atoms with Crippen molar-refractivity contribution in [2.45, 2.75) is 25.8 Å². The van der Waals surface area contributed by atoms with Gasteiger partial charge in [-0.05, 0) is 26.4 Å². The largest absolute Gasteiger partial charge is 0.472 e. The summed E-state index contributed by atoms with van der Waals surface area (Å²) < 4.78 is 0. The minimum atomic E-state index is -1.02. The lowest BCUT2D eigenvalue weighted by Gasteiger charge is -2.38. The third-order valence-corrected chi connectivity index (χ3v) is 2.62. The molecule has 1 rings (SSSR count). The Kier molecular flexibility index (Phi) is 3.32. The molecule has 3 nitrogen and oxygen atoms in total. The van der Waals surface area contributed by atoms with E-state index in [4.69, 9.17) is 5.11 Å². The van der Waals surface area contributed by atoms with Crippen LogP contribution in [-0.2, 0) is 4.79 Å². The van der Waals surface area contributed by atoms with E-state index in [1.54, 1.807) is 0 Å². The molecule has 1 fully saturated rings. The van der Waals surface area contributed by atoms with Gasteiger partial charge in [-0.3, -0.25) is 0 Å². The number of carbonyl (C=O) groups is 1. The smallest absolute Gasteiger partial charge is 0.381 e. The molecule has 1 aliphatic carbocycles. The van der Waals surface area contributed by atoms with Crippen LogP contribution in [0, 0.1) is 17.8 Å². The number of rotatable bonds is 2. The molecule has 0 aliphatic heterocycles. The Labute approximate surface area is 78.7 Å². The Morgan fingerprint density at radius 2 is 2.23 bits per heavy atom. The van der Waals surface area contributed by atoms with E-state index in [1.165, 1.54) is 0 Å². The Balaban J connectivity index is 2.27. The number of carboxylic acids is 1. The van der Waals surface area contributed by atoms with E-state index in [1.807, 2.05) is 0 Å². The van der Waals surface area contributed by atoms with Gasteiger partial charge in [0.05, 0.1) is 0 Å². The molecular weight excluding hydrogens is 166 g/mol. The Morgan fingerprint density at radius 3 is 2.69 bits per heavy atom. The van der Waals surface area contributed by atoms with Gasteiger partial charge >= 0.3 is 5.97 Å². The van der Waals surface area contributed by atoms with Crippen LogP contribution in [0.1, 0.15) is 19.8 Å². The fourth-order valence-corrected chi connectivity index (χ4v) is 1.49. The molecule has 3 heteroatoms. The lowest BCUT2D eigenvalue weighted by atomic mass is 9.80. The summed E-state index contributed by atoms with van der Waals surface area (Å²) in [7, 11) is 2.09. The molecule has 1 saturated carbocycles. The molecule has 0 spiro atoms. The number of hydrogen-bond donors (Lipinski definition) is 1. The Morgan fingerprint density at radius 1 is 1.62 bits per heavy atom. The summed E-state index contributed by atoms with van der Waals surface area (Å²) in [6.45, 7) is 3.17. The summed E-state index contributed by atoms with van der Waals surface area (Å²) in [4.78, 5) is 12.4. The predicted molar refractivity (Wildman–Crippen MR) is 50.2 cm³/mol. The maximum Gasteiger partial charge on any atom is 0.381 e. The van der Waals surface area contributed by atoms with Gasteiger partial charge in [0.15, 0.2) is 0 Å². The van der Waals surface area contributed by atoms with Crippen molar-refractivity contribution in [2.24, 2.45) is 5.92 Å². The highest BCUT2D eigenvalue weighted by atomic mass is 16.4. The molecule has 0 aromatic carbocycles. The molecule has 0 bridgehead atoms. The van der Waals surface area contributed by atoms with Crippen LogP contribution in [0.5, 0.6) is 0 Å². The Bertz CT molecular complexity index is 245. The monoisotopic (exact) mass is 181 g/mol. The summed E-state index contributed by atoms with van der Waals surface area (Å²) in [6.07, 6.45) is 2.04. The second kappa shape index (κ2) is 4.29.